The highest BCUT2D eigenvalue weighted by Gasteiger charge is 2.12. The van der Waals surface area contributed by atoms with Crippen LogP contribution in [0.3, 0.4) is 0 Å². The topological polar surface area (TPSA) is 78.8 Å². The van der Waals surface area contributed by atoms with Crippen LogP contribution in [-0.4, -0.2) is 23.2 Å². The van der Waals surface area contributed by atoms with E-state index in [1.165, 1.54) is 19.2 Å². The molecular weight excluding hydrogens is 258 g/mol. The predicted octanol–water partition coefficient (Wildman–Crippen LogP) is 2.04. The van der Waals surface area contributed by atoms with E-state index in [0.29, 0.717) is 12.3 Å². The number of nitrogens with one attached hydrogen (secondary N) is 1. The first-order chi connectivity index (χ1) is 9.60. The van der Waals surface area contributed by atoms with Gasteiger partial charge in [0.2, 0.25) is 0 Å². The molecule has 20 heavy (non-hydrogen) atoms. The van der Waals surface area contributed by atoms with Gasteiger partial charge in [0.1, 0.15) is 17.2 Å². The quantitative estimate of drug-likeness (QED) is 0.796. The lowest BCUT2D eigenvalue weighted by Gasteiger charge is -2.08. The molecule has 2 aromatic carbocycles. The zero-order chi connectivity index (χ0) is 14.5. The minimum absolute atomic E-state index is 0.103. The number of phenolic OH excluding ortho intramolecular Hbond substituents is 2. The van der Waals surface area contributed by atoms with Gasteiger partial charge in [0, 0.05) is 6.54 Å². The summed E-state index contributed by atoms with van der Waals surface area (Å²) in [7, 11) is 1.49. The summed E-state index contributed by atoms with van der Waals surface area (Å²) in [5.74, 6) is 0.173. The summed E-state index contributed by atoms with van der Waals surface area (Å²) >= 11 is 0. The van der Waals surface area contributed by atoms with Gasteiger partial charge < -0.3 is 20.3 Å². The fraction of sp³-hybridized carbons (Fsp3) is 0.133. The molecule has 0 aliphatic rings. The molecule has 0 heterocycles. The fourth-order valence-corrected chi connectivity index (χ4v) is 1.72. The summed E-state index contributed by atoms with van der Waals surface area (Å²) in [4.78, 5) is 12.0. The Bertz CT molecular complexity index is 608. The normalized spacial score (nSPS) is 10.1. The van der Waals surface area contributed by atoms with Crippen molar-refractivity contribution < 1.29 is 19.7 Å². The molecule has 2 aromatic rings. The van der Waals surface area contributed by atoms with Gasteiger partial charge in [0.25, 0.3) is 5.91 Å². The van der Waals surface area contributed by atoms with Crippen LogP contribution in [0.5, 0.6) is 17.2 Å². The maximum Gasteiger partial charge on any atom is 0.255 e. The largest absolute Gasteiger partial charge is 0.508 e. The highest BCUT2D eigenvalue weighted by atomic mass is 16.5. The standard InChI is InChI=1S/C15H15NO4/c1-20-12-6-7-14(18)13(8-12)15(19)16-9-10-2-4-11(17)5-3-10/h2-8,17-18H,9H2,1H3,(H,16,19). The van der Waals surface area contributed by atoms with Crippen molar-refractivity contribution in [1.29, 1.82) is 0 Å². The van der Waals surface area contributed by atoms with Crippen molar-refractivity contribution in [3.63, 3.8) is 0 Å². The third kappa shape index (κ3) is 3.20. The van der Waals surface area contributed by atoms with E-state index >= 15 is 0 Å². The van der Waals surface area contributed by atoms with Gasteiger partial charge in [0.15, 0.2) is 0 Å². The van der Waals surface area contributed by atoms with Crippen LogP contribution in [0.4, 0.5) is 0 Å². The van der Waals surface area contributed by atoms with Crippen molar-refractivity contribution in [2.24, 2.45) is 0 Å². The number of hydrogen-bond donors (Lipinski definition) is 3. The lowest BCUT2D eigenvalue weighted by molar-refractivity contribution is 0.0948. The SMILES string of the molecule is COc1ccc(O)c(C(=O)NCc2ccc(O)cc2)c1. The van der Waals surface area contributed by atoms with Gasteiger partial charge >= 0.3 is 0 Å². The van der Waals surface area contributed by atoms with Crippen LogP contribution in [0.2, 0.25) is 0 Å². The molecule has 1 amide bonds. The molecule has 0 saturated carbocycles. The van der Waals surface area contributed by atoms with Crippen molar-refractivity contribution in [3.05, 3.63) is 53.6 Å². The van der Waals surface area contributed by atoms with Gasteiger partial charge in [-0.1, -0.05) is 12.1 Å². The summed E-state index contributed by atoms with van der Waals surface area (Å²) in [5, 5.41) is 21.5. The van der Waals surface area contributed by atoms with E-state index in [-0.39, 0.29) is 17.1 Å². The molecule has 5 nitrogen and oxygen atoms in total. The summed E-state index contributed by atoms with van der Waals surface area (Å²) in [6.45, 7) is 0.301. The van der Waals surface area contributed by atoms with Crippen molar-refractivity contribution in [1.82, 2.24) is 5.32 Å². The summed E-state index contributed by atoms with van der Waals surface area (Å²) in [6, 6.07) is 11.0. The molecule has 0 fully saturated rings. The number of ether oxygens (including phenoxy) is 1. The molecule has 0 spiro atoms. The molecular formula is C15H15NO4. The number of phenols is 2. The Morgan fingerprint density at radius 2 is 1.85 bits per heavy atom. The molecule has 2 rings (SSSR count). The first-order valence-corrected chi connectivity index (χ1v) is 6.03. The van der Waals surface area contributed by atoms with Crippen LogP contribution in [0.1, 0.15) is 15.9 Å². The number of amides is 1. The first-order valence-electron chi connectivity index (χ1n) is 6.03. The zero-order valence-electron chi connectivity index (χ0n) is 11.0. The van der Waals surface area contributed by atoms with Crippen LogP contribution >= 0.6 is 0 Å². The smallest absolute Gasteiger partial charge is 0.255 e. The predicted molar refractivity (Wildman–Crippen MR) is 73.9 cm³/mol. The number of rotatable bonds is 4. The van der Waals surface area contributed by atoms with Gasteiger partial charge in [-0.3, -0.25) is 4.79 Å². The average Bonchev–Trinajstić information content (AvgIpc) is 2.47. The fourth-order valence-electron chi connectivity index (χ4n) is 1.72. The molecule has 0 bridgehead atoms. The van der Waals surface area contributed by atoms with Crippen molar-refractivity contribution in [3.8, 4) is 17.2 Å². The molecule has 104 valence electrons. The Labute approximate surface area is 116 Å². The second-order valence-corrected chi connectivity index (χ2v) is 4.23. The number of hydrogen-bond acceptors (Lipinski definition) is 4. The Balaban J connectivity index is 2.06. The molecule has 0 unspecified atom stereocenters. The molecule has 0 aromatic heterocycles. The lowest BCUT2D eigenvalue weighted by atomic mass is 10.1. The molecule has 0 radical (unpaired) electrons. The maximum atomic E-state index is 12.0. The van der Waals surface area contributed by atoms with Crippen molar-refractivity contribution in [2.45, 2.75) is 6.54 Å². The van der Waals surface area contributed by atoms with Gasteiger partial charge in [-0.05, 0) is 35.9 Å². The van der Waals surface area contributed by atoms with E-state index in [1.807, 2.05) is 0 Å². The highest BCUT2D eigenvalue weighted by molar-refractivity contribution is 5.97. The first kappa shape index (κ1) is 13.7. The van der Waals surface area contributed by atoms with Crippen LogP contribution < -0.4 is 10.1 Å². The second-order valence-electron chi connectivity index (χ2n) is 4.23. The number of carbonyl (C=O) groups is 1. The Kier molecular flexibility index (Phi) is 4.10. The maximum absolute atomic E-state index is 12.0. The van der Waals surface area contributed by atoms with Gasteiger partial charge in [-0.2, -0.15) is 0 Å². The van der Waals surface area contributed by atoms with E-state index in [1.54, 1.807) is 30.3 Å². The van der Waals surface area contributed by atoms with E-state index in [4.69, 9.17) is 4.74 Å². The molecule has 0 aliphatic heterocycles. The summed E-state index contributed by atoms with van der Waals surface area (Å²) in [5.41, 5.74) is 1.00. The Morgan fingerprint density at radius 3 is 2.50 bits per heavy atom. The molecule has 0 saturated heterocycles. The van der Waals surface area contributed by atoms with Crippen LogP contribution in [-0.2, 0) is 6.54 Å². The number of carbonyl (C=O) groups excluding carboxylic acids is 1. The highest BCUT2D eigenvalue weighted by Crippen LogP contribution is 2.22. The van der Waals surface area contributed by atoms with Crippen LogP contribution in [0.15, 0.2) is 42.5 Å². The zero-order valence-corrected chi connectivity index (χ0v) is 11.0. The molecule has 0 atom stereocenters. The summed E-state index contributed by atoms with van der Waals surface area (Å²) in [6.07, 6.45) is 0. The third-order valence-corrected chi connectivity index (χ3v) is 2.84. The monoisotopic (exact) mass is 273 g/mol. The number of aromatic hydroxyl groups is 2. The lowest BCUT2D eigenvalue weighted by Crippen LogP contribution is -2.22. The van der Waals surface area contributed by atoms with Gasteiger partial charge in [-0.25, -0.2) is 0 Å². The molecule has 3 N–H and O–H groups in total. The third-order valence-electron chi connectivity index (χ3n) is 2.84. The van der Waals surface area contributed by atoms with E-state index in [2.05, 4.69) is 5.32 Å². The van der Waals surface area contributed by atoms with E-state index < -0.39 is 5.91 Å². The summed E-state index contributed by atoms with van der Waals surface area (Å²) < 4.78 is 5.02. The number of benzene rings is 2. The second kappa shape index (κ2) is 5.97. The molecule has 0 aliphatic carbocycles. The average molecular weight is 273 g/mol. The van der Waals surface area contributed by atoms with E-state index in [9.17, 15) is 15.0 Å². The molecule has 5 heteroatoms. The van der Waals surface area contributed by atoms with Crippen LogP contribution in [0, 0.1) is 0 Å². The number of methoxy groups -OCH3 is 1. The van der Waals surface area contributed by atoms with Crippen molar-refractivity contribution >= 4 is 5.91 Å². The van der Waals surface area contributed by atoms with Crippen molar-refractivity contribution in [2.75, 3.05) is 7.11 Å². The minimum Gasteiger partial charge on any atom is -0.508 e. The minimum atomic E-state index is -0.394. The van der Waals surface area contributed by atoms with Gasteiger partial charge in [0.05, 0.1) is 12.7 Å². The van der Waals surface area contributed by atoms with Gasteiger partial charge in [-0.15, -0.1) is 0 Å². The van der Waals surface area contributed by atoms with Crippen LogP contribution in [0.25, 0.3) is 0 Å². The Morgan fingerprint density at radius 1 is 1.15 bits per heavy atom. The van der Waals surface area contributed by atoms with E-state index in [0.717, 1.165) is 5.56 Å². The Hall–Kier alpha value is -2.69.